The Morgan fingerprint density at radius 2 is 0.773 bits per heavy atom. The van der Waals surface area contributed by atoms with E-state index >= 15 is 0 Å². The number of thiol groups is 1. The summed E-state index contributed by atoms with van der Waals surface area (Å²) in [6.45, 7) is 13.7. The Morgan fingerprint density at radius 1 is 0.591 bits per heavy atom. The molecule has 0 saturated carbocycles. The average molecular weight is 376 g/mol. The highest BCUT2D eigenvalue weighted by atomic mass is 32.1. The van der Waals surface area contributed by atoms with E-state index < -0.39 is 19.9 Å². The van der Waals surface area contributed by atoms with E-state index in [9.17, 15) is 9.13 Å². The molecular weight excluding hydrogens is 346 g/mol. The smallest absolute Gasteiger partial charge is 0.305 e. The van der Waals surface area contributed by atoms with E-state index in [2.05, 4.69) is 12.6 Å². The van der Waals surface area contributed by atoms with Gasteiger partial charge in [-0.2, -0.15) is 12.6 Å². The van der Waals surface area contributed by atoms with Crippen LogP contribution < -0.4 is 0 Å². The van der Waals surface area contributed by atoms with Gasteiger partial charge in [-0.3, -0.25) is 9.13 Å². The molecule has 0 heterocycles. The molecule has 0 aromatic carbocycles. The molecule has 134 valence electrons. The van der Waals surface area contributed by atoms with Crippen LogP contribution in [0.1, 0.15) is 55.4 Å². The molecule has 0 bridgehead atoms. The van der Waals surface area contributed by atoms with Crippen molar-refractivity contribution in [1.29, 1.82) is 0 Å². The standard InChI is InChI=1S/C13H30O6P2S/c1-9(2)16-20(14,17-10(3)4)13(22)21(15,18-11(5)6)19-12(7)8/h9-13,22H,1-8H3. The maximum Gasteiger partial charge on any atom is 0.356 e. The van der Waals surface area contributed by atoms with Gasteiger partial charge >= 0.3 is 15.2 Å². The lowest BCUT2D eigenvalue weighted by atomic mass is 10.5. The van der Waals surface area contributed by atoms with Gasteiger partial charge in [0, 0.05) is 0 Å². The molecule has 9 heteroatoms. The second-order valence-corrected chi connectivity index (χ2v) is 11.8. The first-order valence-corrected chi connectivity index (χ1v) is 11.2. The van der Waals surface area contributed by atoms with Crippen LogP contribution in [0.3, 0.4) is 0 Å². The molecule has 22 heavy (non-hydrogen) atoms. The summed E-state index contributed by atoms with van der Waals surface area (Å²) in [5.74, 6) is 0. The van der Waals surface area contributed by atoms with Crippen molar-refractivity contribution in [2.75, 3.05) is 0 Å². The third-order valence-corrected chi connectivity index (χ3v) is 9.38. The second-order valence-electron chi connectivity index (χ2n) is 6.04. The SMILES string of the molecule is CC(C)OP(=O)(OC(C)C)C(S)P(=O)(OC(C)C)OC(C)C. The van der Waals surface area contributed by atoms with E-state index in [1.807, 2.05) is 0 Å². The molecule has 0 aliphatic heterocycles. The quantitative estimate of drug-likeness (QED) is 0.413. The van der Waals surface area contributed by atoms with Crippen LogP contribution in [-0.4, -0.2) is 29.1 Å². The summed E-state index contributed by atoms with van der Waals surface area (Å²) < 4.78 is 46.6. The Labute approximate surface area is 140 Å². The molecule has 0 saturated heterocycles. The maximum absolute atomic E-state index is 13.1. The maximum atomic E-state index is 13.1. The van der Waals surface area contributed by atoms with Crippen molar-refractivity contribution in [2.45, 2.75) is 84.5 Å². The van der Waals surface area contributed by atoms with Gasteiger partial charge in [0.25, 0.3) is 0 Å². The molecule has 0 radical (unpaired) electrons. The summed E-state index contributed by atoms with van der Waals surface area (Å²) in [5.41, 5.74) is 0. The van der Waals surface area contributed by atoms with Gasteiger partial charge in [0.05, 0.1) is 24.4 Å². The summed E-state index contributed by atoms with van der Waals surface area (Å²) in [4.78, 5) is 0. The highest BCUT2D eigenvalue weighted by molar-refractivity contribution is 8.00. The van der Waals surface area contributed by atoms with Crippen molar-refractivity contribution in [3.63, 3.8) is 0 Å². The van der Waals surface area contributed by atoms with Crippen LogP contribution in [0.2, 0.25) is 0 Å². The van der Waals surface area contributed by atoms with E-state index in [4.69, 9.17) is 18.1 Å². The lowest BCUT2D eigenvalue weighted by Crippen LogP contribution is -2.20. The molecule has 0 aromatic heterocycles. The average Bonchev–Trinajstić information content (AvgIpc) is 2.22. The van der Waals surface area contributed by atoms with Crippen molar-refractivity contribution < 1.29 is 27.2 Å². The molecule has 0 fully saturated rings. The molecule has 0 N–H and O–H groups in total. The van der Waals surface area contributed by atoms with Crippen molar-refractivity contribution in [1.82, 2.24) is 0 Å². The van der Waals surface area contributed by atoms with Gasteiger partial charge in [-0.05, 0) is 55.4 Å². The number of hydrogen-bond donors (Lipinski definition) is 1. The van der Waals surface area contributed by atoms with Crippen molar-refractivity contribution in [3.05, 3.63) is 0 Å². The van der Waals surface area contributed by atoms with Crippen LogP contribution in [0.4, 0.5) is 0 Å². The topological polar surface area (TPSA) is 71.1 Å². The van der Waals surface area contributed by atoms with Crippen LogP contribution >= 0.6 is 27.8 Å². The minimum absolute atomic E-state index is 0.384. The fourth-order valence-corrected chi connectivity index (χ4v) is 7.19. The molecule has 0 unspecified atom stereocenters. The second kappa shape index (κ2) is 9.22. The first-order valence-electron chi connectivity index (χ1n) is 7.43. The molecule has 6 nitrogen and oxygen atoms in total. The Morgan fingerprint density at radius 3 is 0.909 bits per heavy atom. The molecule has 0 amide bonds. The van der Waals surface area contributed by atoms with Crippen LogP contribution in [0, 0.1) is 0 Å². The lowest BCUT2D eigenvalue weighted by molar-refractivity contribution is 0.129. The molecule has 0 aliphatic carbocycles. The first kappa shape index (κ1) is 22.6. The zero-order valence-corrected chi connectivity index (χ0v) is 17.4. The van der Waals surface area contributed by atoms with E-state index in [0.29, 0.717) is 0 Å². The normalized spacial score (nSPS) is 14.1. The highest BCUT2D eigenvalue weighted by Gasteiger charge is 2.51. The van der Waals surface area contributed by atoms with Crippen molar-refractivity contribution in [2.24, 2.45) is 0 Å². The van der Waals surface area contributed by atoms with Gasteiger partial charge in [-0.25, -0.2) is 0 Å². The largest absolute Gasteiger partial charge is 0.356 e. The predicted octanol–water partition coefficient (Wildman–Crippen LogP) is 5.29. The van der Waals surface area contributed by atoms with Gasteiger partial charge in [-0.15, -0.1) is 0 Å². The fourth-order valence-electron chi connectivity index (χ4n) is 1.62. The van der Waals surface area contributed by atoms with Crippen LogP contribution in [-0.2, 0) is 27.2 Å². The van der Waals surface area contributed by atoms with Crippen molar-refractivity contribution >= 4 is 27.8 Å². The van der Waals surface area contributed by atoms with E-state index in [1.54, 1.807) is 55.4 Å². The Bertz CT molecular complexity index is 359. The summed E-state index contributed by atoms with van der Waals surface area (Å²) in [5, 5.41) is 0. The van der Waals surface area contributed by atoms with E-state index in [0.717, 1.165) is 0 Å². The molecule has 0 aromatic rings. The monoisotopic (exact) mass is 376 g/mol. The number of rotatable bonds is 10. The van der Waals surface area contributed by atoms with E-state index in [-0.39, 0.29) is 24.4 Å². The van der Waals surface area contributed by atoms with Gasteiger partial charge in [0.15, 0.2) is 0 Å². The Balaban J connectivity index is 5.65. The third-order valence-electron chi connectivity index (χ3n) is 2.00. The summed E-state index contributed by atoms with van der Waals surface area (Å²) in [6, 6.07) is 0. The minimum Gasteiger partial charge on any atom is -0.305 e. The third kappa shape index (κ3) is 7.48. The highest BCUT2D eigenvalue weighted by Crippen LogP contribution is 2.73. The van der Waals surface area contributed by atoms with Crippen LogP contribution in [0.15, 0.2) is 0 Å². The molecule has 0 rings (SSSR count). The van der Waals surface area contributed by atoms with Gasteiger partial charge in [0.2, 0.25) is 4.73 Å². The van der Waals surface area contributed by atoms with Gasteiger partial charge < -0.3 is 18.1 Å². The van der Waals surface area contributed by atoms with Gasteiger partial charge in [-0.1, -0.05) is 0 Å². The molecule has 0 atom stereocenters. The predicted molar refractivity (Wildman–Crippen MR) is 92.9 cm³/mol. The Hall–Kier alpha value is 0.650. The van der Waals surface area contributed by atoms with Crippen molar-refractivity contribution in [3.8, 4) is 0 Å². The first-order chi connectivity index (χ1) is 9.82. The molecule has 0 aliphatic rings. The zero-order valence-electron chi connectivity index (χ0n) is 14.7. The minimum atomic E-state index is -3.81. The molecular formula is C13H30O6P2S. The van der Waals surface area contributed by atoms with Crippen LogP contribution in [0.25, 0.3) is 0 Å². The lowest BCUT2D eigenvalue weighted by Gasteiger charge is -2.32. The number of hydrogen-bond acceptors (Lipinski definition) is 7. The summed E-state index contributed by atoms with van der Waals surface area (Å²) >= 11 is 4.26. The van der Waals surface area contributed by atoms with E-state index in [1.165, 1.54) is 0 Å². The summed E-state index contributed by atoms with van der Waals surface area (Å²) in [7, 11) is -7.61. The van der Waals surface area contributed by atoms with Gasteiger partial charge in [0.1, 0.15) is 0 Å². The zero-order chi connectivity index (χ0) is 17.7. The van der Waals surface area contributed by atoms with Crippen LogP contribution in [0.5, 0.6) is 0 Å². The Kier molecular flexibility index (Phi) is 9.49. The molecule has 0 spiro atoms. The fraction of sp³-hybridized carbons (Fsp3) is 1.00. The summed E-state index contributed by atoms with van der Waals surface area (Å²) in [6.07, 6.45) is -1.53.